The van der Waals surface area contributed by atoms with Gasteiger partial charge in [0.2, 0.25) is 11.8 Å². The van der Waals surface area contributed by atoms with Crippen molar-refractivity contribution in [2.24, 2.45) is 5.73 Å². The van der Waals surface area contributed by atoms with E-state index in [2.05, 4.69) is 26.6 Å². The molecule has 0 saturated carbocycles. The van der Waals surface area contributed by atoms with E-state index in [9.17, 15) is 14.4 Å². The van der Waals surface area contributed by atoms with Crippen molar-refractivity contribution < 1.29 is 18.8 Å². The largest absolute Gasteiger partial charge is 0.444 e. The molecule has 3 amide bonds. The van der Waals surface area contributed by atoms with E-state index in [1.807, 2.05) is 6.07 Å². The Bertz CT molecular complexity index is 1060. The van der Waals surface area contributed by atoms with E-state index in [-0.39, 0.29) is 24.0 Å². The molecule has 0 bridgehead atoms. The van der Waals surface area contributed by atoms with Gasteiger partial charge in [-0.15, -0.1) is 0 Å². The zero-order chi connectivity index (χ0) is 21.5. The average Bonchev–Trinajstić information content (AvgIpc) is 3.16. The van der Waals surface area contributed by atoms with Gasteiger partial charge in [0.05, 0.1) is 6.42 Å². The monoisotopic (exact) mass is 469 g/mol. The molecule has 1 heterocycles. The molecule has 2 aromatic carbocycles. The van der Waals surface area contributed by atoms with Crippen LogP contribution in [0.3, 0.4) is 0 Å². The van der Waals surface area contributed by atoms with E-state index in [1.165, 1.54) is 0 Å². The summed E-state index contributed by atoms with van der Waals surface area (Å²) in [7, 11) is 0. The Hall–Kier alpha value is -3.39. The molecule has 8 heteroatoms. The highest BCUT2D eigenvalue weighted by Gasteiger charge is 2.11. The molecule has 4 N–H and O–H groups in total. The molecule has 0 saturated heterocycles. The summed E-state index contributed by atoms with van der Waals surface area (Å²) in [6.45, 7) is 0.452. The van der Waals surface area contributed by atoms with Gasteiger partial charge in [0.15, 0.2) is 10.4 Å². The smallest absolute Gasteiger partial charge is 0.291 e. The van der Waals surface area contributed by atoms with Gasteiger partial charge in [-0.25, -0.2) is 0 Å². The fraction of sp³-hybridized carbons (Fsp3) is 0.136. The molecular formula is C22H20BrN3O4. The fourth-order valence-electron chi connectivity index (χ4n) is 2.81. The molecule has 0 fully saturated rings. The van der Waals surface area contributed by atoms with Crippen LogP contribution in [0.5, 0.6) is 0 Å². The Labute approximate surface area is 181 Å². The van der Waals surface area contributed by atoms with Crippen LogP contribution in [0, 0.1) is 0 Å². The summed E-state index contributed by atoms with van der Waals surface area (Å²) in [4.78, 5) is 35.4. The highest BCUT2D eigenvalue weighted by molar-refractivity contribution is 9.10. The Morgan fingerprint density at radius 1 is 0.967 bits per heavy atom. The fourth-order valence-corrected chi connectivity index (χ4v) is 3.12. The number of primary amides is 1. The zero-order valence-corrected chi connectivity index (χ0v) is 17.6. The molecule has 3 rings (SSSR count). The molecule has 0 aliphatic rings. The van der Waals surface area contributed by atoms with Crippen molar-refractivity contribution in [2.45, 2.75) is 12.8 Å². The Balaban J connectivity index is 1.45. The molecule has 0 aliphatic carbocycles. The van der Waals surface area contributed by atoms with E-state index in [0.29, 0.717) is 28.9 Å². The summed E-state index contributed by atoms with van der Waals surface area (Å²) in [6.07, 6.45) is 0.821. The first kappa shape index (κ1) is 21.3. The van der Waals surface area contributed by atoms with Crippen LogP contribution in [0.4, 0.5) is 5.69 Å². The Kier molecular flexibility index (Phi) is 7.03. The number of benzene rings is 2. The number of amides is 3. The van der Waals surface area contributed by atoms with Gasteiger partial charge in [-0.05, 0) is 69.9 Å². The van der Waals surface area contributed by atoms with Crippen molar-refractivity contribution in [2.75, 3.05) is 11.9 Å². The van der Waals surface area contributed by atoms with Crippen molar-refractivity contribution in [1.82, 2.24) is 5.32 Å². The minimum absolute atomic E-state index is 0.113. The minimum Gasteiger partial charge on any atom is -0.444 e. The van der Waals surface area contributed by atoms with Gasteiger partial charge in [0.1, 0.15) is 0 Å². The van der Waals surface area contributed by atoms with Gasteiger partial charge in [-0.1, -0.05) is 24.3 Å². The summed E-state index contributed by atoms with van der Waals surface area (Å²) in [5.41, 5.74) is 8.07. The molecule has 3 aromatic rings. The van der Waals surface area contributed by atoms with Crippen molar-refractivity contribution >= 4 is 39.3 Å². The highest BCUT2D eigenvalue weighted by atomic mass is 79.9. The van der Waals surface area contributed by atoms with Gasteiger partial charge in [0, 0.05) is 17.8 Å². The van der Waals surface area contributed by atoms with Gasteiger partial charge in [-0.3, -0.25) is 14.4 Å². The third-order valence-corrected chi connectivity index (χ3v) is 4.75. The van der Waals surface area contributed by atoms with Crippen molar-refractivity contribution in [3.63, 3.8) is 0 Å². The number of carbonyl (C=O) groups is 3. The first-order chi connectivity index (χ1) is 14.4. The second-order valence-electron chi connectivity index (χ2n) is 6.60. The lowest BCUT2D eigenvalue weighted by molar-refractivity contribution is -0.120. The molecule has 0 aliphatic heterocycles. The van der Waals surface area contributed by atoms with Crippen LogP contribution in [0.15, 0.2) is 69.8 Å². The molecule has 154 valence electrons. The first-order valence-corrected chi connectivity index (χ1v) is 10.0. The molecule has 0 atom stereocenters. The maximum absolute atomic E-state index is 12.2. The number of hydrogen-bond acceptors (Lipinski definition) is 4. The third kappa shape index (κ3) is 6.05. The molecule has 7 nitrogen and oxygen atoms in total. The lowest BCUT2D eigenvalue weighted by atomic mass is 10.1. The molecular weight excluding hydrogens is 450 g/mol. The normalized spacial score (nSPS) is 10.4. The number of anilines is 1. The van der Waals surface area contributed by atoms with Crippen LogP contribution in [0.25, 0.3) is 0 Å². The van der Waals surface area contributed by atoms with E-state index in [0.717, 1.165) is 11.1 Å². The number of carbonyl (C=O) groups excluding carboxylic acids is 3. The highest BCUT2D eigenvalue weighted by Crippen LogP contribution is 2.16. The molecule has 0 radical (unpaired) electrons. The van der Waals surface area contributed by atoms with Crippen LogP contribution in [0.1, 0.15) is 32.0 Å². The van der Waals surface area contributed by atoms with Crippen LogP contribution < -0.4 is 16.4 Å². The zero-order valence-electron chi connectivity index (χ0n) is 16.0. The van der Waals surface area contributed by atoms with Crippen molar-refractivity contribution in [3.8, 4) is 0 Å². The standard InChI is InChI=1S/C22H20BrN3O4/c23-19-9-8-18(30-19)22(29)26-17-6-4-15(5-7-17)13-20(27)25-11-10-14-2-1-3-16(12-14)21(24)28/h1-9,12H,10-11,13H2,(H2,24,28)(H,25,27)(H,26,29). The Morgan fingerprint density at radius 2 is 1.73 bits per heavy atom. The summed E-state index contributed by atoms with van der Waals surface area (Å²) in [5, 5.41) is 5.59. The minimum atomic E-state index is -0.474. The Morgan fingerprint density at radius 3 is 2.40 bits per heavy atom. The molecule has 0 spiro atoms. The summed E-state index contributed by atoms with van der Waals surface area (Å²) in [6, 6.07) is 17.3. The predicted molar refractivity (Wildman–Crippen MR) is 116 cm³/mol. The molecule has 0 unspecified atom stereocenters. The number of rotatable bonds is 8. The predicted octanol–water partition coefficient (Wildman–Crippen LogP) is 3.29. The SMILES string of the molecule is NC(=O)c1cccc(CCNC(=O)Cc2ccc(NC(=O)c3ccc(Br)o3)cc2)c1. The van der Waals surface area contributed by atoms with Gasteiger partial charge in [-0.2, -0.15) is 0 Å². The molecule has 1 aromatic heterocycles. The molecule has 30 heavy (non-hydrogen) atoms. The first-order valence-electron chi connectivity index (χ1n) is 9.22. The van der Waals surface area contributed by atoms with E-state index >= 15 is 0 Å². The average molecular weight is 470 g/mol. The second kappa shape index (κ2) is 9.89. The maximum atomic E-state index is 12.2. The lowest BCUT2D eigenvalue weighted by Crippen LogP contribution is -2.27. The van der Waals surface area contributed by atoms with E-state index in [1.54, 1.807) is 54.6 Å². The third-order valence-electron chi connectivity index (χ3n) is 4.32. The van der Waals surface area contributed by atoms with Crippen LogP contribution in [-0.4, -0.2) is 24.3 Å². The number of halogens is 1. The van der Waals surface area contributed by atoms with E-state index in [4.69, 9.17) is 10.2 Å². The summed E-state index contributed by atoms with van der Waals surface area (Å²) in [5.74, 6) is -0.742. The number of nitrogens with one attached hydrogen (secondary N) is 2. The van der Waals surface area contributed by atoms with Crippen LogP contribution in [-0.2, 0) is 17.6 Å². The summed E-state index contributed by atoms with van der Waals surface area (Å²) < 4.78 is 5.69. The van der Waals surface area contributed by atoms with Gasteiger partial charge in [0.25, 0.3) is 5.91 Å². The maximum Gasteiger partial charge on any atom is 0.291 e. The number of furan rings is 1. The van der Waals surface area contributed by atoms with Crippen molar-refractivity contribution in [3.05, 3.63) is 87.8 Å². The topological polar surface area (TPSA) is 114 Å². The van der Waals surface area contributed by atoms with Crippen molar-refractivity contribution in [1.29, 1.82) is 0 Å². The van der Waals surface area contributed by atoms with Gasteiger partial charge < -0.3 is 20.8 Å². The van der Waals surface area contributed by atoms with Gasteiger partial charge >= 0.3 is 0 Å². The van der Waals surface area contributed by atoms with Crippen LogP contribution >= 0.6 is 15.9 Å². The number of hydrogen-bond donors (Lipinski definition) is 3. The number of nitrogens with two attached hydrogens (primary N) is 1. The quantitative estimate of drug-likeness (QED) is 0.469. The van der Waals surface area contributed by atoms with E-state index < -0.39 is 5.91 Å². The summed E-state index contributed by atoms with van der Waals surface area (Å²) >= 11 is 3.16. The lowest BCUT2D eigenvalue weighted by Gasteiger charge is -2.08. The van der Waals surface area contributed by atoms with Crippen LogP contribution in [0.2, 0.25) is 0 Å². The second-order valence-corrected chi connectivity index (χ2v) is 7.38.